The third kappa shape index (κ3) is 4.95. The van der Waals surface area contributed by atoms with Crippen molar-refractivity contribution in [3.05, 3.63) is 82.0 Å². The molecule has 0 amide bonds. The number of rotatable bonds is 3. The monoisotopic (exact) mass is 409 g/mol. The molecule has 28 heavy (non-hydrogen) atoms. The Morgan fingerprint density at radius 1 is 0.929 bits per heavy atom. The summed E-state index contributed by atoms with van der Waals surface area (Å²) < 4.78 is 64.0. The van der Waals surface area contributed by atoms with Crippen LogP contribution in [0.15, 0.2) is 53.5 Å². The molecule has 0 unspecified atom stereocenters. The summed E-state index contributed by atoms with van der Waals surface area (Å²) in [6.07, 6.45) is 1.47. The van der Waals surface area contributed by atoms with Crippen LogP contribution in [-0.4, -0.2) is 13.0 Å². The first-order valence-corrected chi connectivity index (χ1v) is 8.45. The third-order valence-corrected chi connectivity index (χ3v) is 3.70. The van der Waals surface area contributed by atoms with Crippen molar-refractivity contribution in [1.82, 2.24) is 4.57 Å². The first-order valence-electron chi connectivity index (χ1n) is 7.78. The van der Waals surface area contributed by atoms with E-state index >= 15 is 0 Å². The average Bonchev–Trinajstić information content (AvgIpc) is 2.63. The van der Waals surface area contributed by atoms with Gasteiger partial charge in [-0.25, -0.2) is 13.2 Å². The van der Waals surface area contributed by atoms with Gasteiger partial charge in [0.2, 0.25) is 0 Å². The molecule has 9 heteroatoms. The molecule has 0 atom stereocenters. The molecule has 0 N–H and O–H groups in total. The number of benzene rings is 2. The highest BCUT2D eigenvalue weighted by molar-refractivity contribution is 7.51. The van der Waals surface area contributed by atoms with Gasteiger partial charge in [-0.1, -0.05) is 11.6 Å². The zero-order valence-corrected chi connectivity index (χ0v) is 15.6. The second kappa shape index (κ2) is 9.14. The summed E-state index contributed by atoms with van der Waals surface area (Å²) in [5.41, 5.74) is 1.01. The van der Waals surface area contributed by atoms with Gasteiger partial charge in [-0.05, 0) is 37.3 Å². The Balaban J connectivity index is 0.000000878. The summed E-state index contributed by atoms with van der Waals surface area (Å²) in [6.45, 7) is 1.84. The Bertz CT molecular complexity index is 1080. The molecule has 3 aromatic rings. The van der Waals surface area contributed by atoms with Gasteiger partial charge in [0.25, 0.3) is 5.56 Å². The summed E-state index contributed by atoms with van der Waals surface area (Å²) in [5.74, 6) is -2.36. The SMILES string of the molecule is Cc1ccc(Oc2ccc(F)cc2F)c(-c2cc(F)c(=O)n(C)c2)c1.O=S=O. The molecule has 0 bridgehead atoms. The molecular weight excluding hydrogens is 395 g/mol. The molecular formula is C19H14F3NO4S. The third-order valence-electron chi connectivity index (χ3n) is 3.70. The van der Waals surface area contributed by atoms with E-state index in [1.165, 1.54) is 19.3 Å². The maximum absolute atomic E-state index is 13.9. The van der Waals surface area contributed by atoms with Crippen molar-refractivity contribution in [3.8, 4) is 22.6 Å². The minimum atomic E-state index is -0.902. The molecule has 0 aliphatic heterocycles. The fraction of sp³-hybridized carbons (Fsp3) is 0.105. The van der Waals surface area contributed by atoms with E-state index in [1.54, 1.807) is 18.2 Å². The molecule has 3 rings (SSSR count). The quantitative estimate of drug-likeness (QED) is 0.658. The number of pyridine rings is 1. The van der Waals surface area contributed by atoms with E-state index in [9.17, 15) is 18.0 Å². The van der Waals surface area contributed by atoms with E-state index in [0.717, 1.165) is 28.3 Å². The van der Waals surface area contributed by atoms with Crippen LogP contribution in [0.1, 0.15) is 5.56 Å². The van der Waals surface area contributed by atoms with E-state index in [1.807, 2.05) is 6.92 Å². The van der Waals surface area contributed by atoms with Gasteiger partial charge in [0, 0.05) is 30.4 Å². The van der Waals surface area contributed by atoms with Crippen LogP contribution in [0.5, 0.6) is 11.5 Å². The van der Waals surface area contributed by atoms with E-state index in [-0.39, 0.29) is 11.5 Å². The minimum absolute atomic E-state index is 0.156. The Hall–Kier alpha value is -3.20. The summed E-state index contributed by atoms with van der Waals surface area (Å²) in [6, 6.07) is 9.17. The lowest BCUT2D eigenvalue weighted by Crippen LogP contribution is -2.19. The van der Waals surface area contributed by atoms with Crippen molar-refractivity contribution in [1.29, 1.82) is 0 Å². The van der Waals surface area contributed by atoms with E-state index in [2.05, 4.69) is 0 Å². The minimum Gasteiger partial charge on any atom is -0.454 e. The molecule has 0 spiro atoms. The normalized spacial score (nSPS) is 10.0. The van der Waals surface area contributed by atoms with Crippen LogP contribution in [-0.2, 0) is 18.6 Å². The van der Waals surface area contributed by atoms with Crippen LogP contribution in [0.3, 0.4) is 0 Å². The molecule has 0 aliphatic rings. The number of ether oxygens (including phenoxy) is 1. The lowest BCUT2D eigenvalue weighted by molar-refractivity contribution is 0.439. The summed E-state index contributed by atoms with van der Waals surface area (Å²) in [5, 5.41) is 0. The molecule has 146 valence electrons. The van der Waals surface area contributed by atoms with E-state index < -0.39 is 34.6 Å². The van der Waals surface area contributed by atoms with Gasteiger partial charge in [-0.15, -0.1) is 0 Å². The zero-order valence-electron chi connectivity index (χ0n) is 14.7. The second-order valence-corrected chi connectivity index (χ2v) is 5.87. The number of hydrogen-bond acceptors (Lipinski definition) is 4. The van der Waals surface area contributed by atoms with Gasteiger partial charge in [-0.2, -0.15) is 8.42 Å². The Kier molecular flexibility index (Phi) is 6.89. The summed E-state index contributed by atoms with van der Waals surface area (Å²) in [7, 11) is 1.44. The first-order chi connectivity index (χ1) is 13.3. The van der Waals surface area contributed by atoms with Gasteiger partial charge < -0.3 is 9.30 Å². The highest BCUT2D eigenvalue weighted by Gasteiger charge is 2.14. The summed E-state index contributed by atoms with van der Waals surface area (Å²) >= 11 is -0.750. The maximum Gasteiger partial charge on any atom is 0.335 e. The lowest BCUT2D eigenvalue weighted by atomic mass is 10.0. The maximum atomic E-state index is 13.9. The Morgan fingerprint density at radius 3 is 2.18 bits per heavy atom. The number of nitrogens with zero attached hydrogens (tertiary/aromatic N) is 1. The Morgan fingerprint density at radius 2 is 1.57 bits per heavy atom. The molecule has 1 heterocycles. The highest BCUT2D eigenvalue weighted by Crippen LogP contribution is 2.35. The predicted molar refractivity (Wildman–Crippen MR) is 97.2 cm³/mol. The molecule has 2 aromatic carbocycles. The molecule has 1 aromatic heterocycles. The smallest absolute Gasteiger partial charge is 0.335 e. The van der Waals surface area contributed by atoms with Gasteiger partial charge in [0.05, 0.1) is 0 Å². The van der Waals surface area contributed by atoms with Crippen LogP contribution >= 0.6 is 0 Å². The van der Waals surface area contributed by atoms with Crippen molar-refractivity contribution >= 4 is 11.6 Å². The predicted octanol–water partition coefficient (Wildman–Crippen LogP) is 3.90. The number of aryl methyl sites for hydroxylation is 2. The molecule has 5 nitrogen and oxygen atoms in total. The molecule has 0 aliphatic carbocycles. The van der Waals surface area contributed by atoms with Crippen LogP contribution in [0.4, 0.5) is 13.2 Å². The zero-order chi connectivity index (χ0) is 20.8. The molecule has 0 saturated carbocycles. The number of aromatic nitrogens is 1. The van der Waals surface area contributed by atoms with Crippen molar-refractivity contribution in [2.75, 3.05) is 0 Å². The topological polar surface area (TPSA) is 65.4 Å². The molecule has 0 radical (unpaired) electrons. The lowest BCUT2D eigenvalue weighted by Gasteiger charge is -2.14. The fourth-order valence-corrected chi connectivity index (χ4v) is 2.45. The summed E-state index contributed by atoms with van der Waals surface area (Å²) in [4.78, 5) is 11.5. The van der Waals surface area contributed by atoms with Crippen LogP contribution < -0.4 is 10.3 Å². The van der Waals surface area contributed by atoms with Crippen LogP contribution in [0.25, 0.3) is 11.1 Å². The van der Waals surface area contributed by atoms with Crippen molar-refractivity contribution < 1.29 is 26.3 Å². The van der Waals surface area contributed by atoms with E-state index in [0.29, 0.717) is 11.1 Å². The van der Waals surface area contributed by atoms with E-state index in [4.69, 9.17) is 13.2 Å². The Labute approximate surface area is 161 Å². The standard InChI is InChI=1S/C19H14F3NO2.O2S/c1-11-3-5-17(25-18-6-4-13(20)9-15(18)21)14(7-11)12-8-16(22)19(24)23(2)10-12;1-3-2/h3-10H,1-2H3;. The van der Waals surface area contributed by atoms with Crippen molar-refractivity contribution in [2.24, 2.45) is 7.05 Å². The van der Waals surface area contributed by atoms with Gasteiger partial charge in [0.1, 0.15) is 11.6 Å². The fourth-order valence-electron chi connectivity index (χ4n) is 2.45. The van der Waals surface area contributed by atoms with Crippen molar-refractivity contribution in [2.45, 2.75) is 6.92 Å². The number of hydrogen-bond donors (Lipinski definition) is 0. The van der Waals surface area contributed by atoms with Crippen LogP contribution in [0.2, 0.25) is 0 Å². The molecule has 0 fully saturated rings. The first kappa shape index (κ1) is 21.1. The molecule has 0 saturated heterocycles. The van der Waals surface area contributed by atoms with Gasteiger partial charge in [-0.3, -0.25) is 4.79 Å². The van der Waals surface area contributed by atoms with Crippen LogP contribution in [0, 0.1) is 24.4 Å². The highest BCUT2D eigenvalue weighted by atomic mass is 32.1. The second-order valence-electron chi connectivity index (χ2n) is 5.74. The van der Waals surface area contributed by atoms with Gasteiger partial charge >= 0.3 is 11.6 Å². The average molecular weight is 409 g/mol. The largest absolute Gasteiger partial charge is 0.454 e. The van der Waals surface area contributed by atoms with Gasteiger partial charge in [0.15, 0.2) is 17.4 Å². The van der Waals surface area contributed by atoms with Crippen molar-refractivity contribution in [3.63, 3.8) is 0 Å². The number of halogens is 3.